The van der Waals surface area contributed by atoms with E-state index in [-0.39, 0.29) is 13.2 Å². The molecule has 5 heteroatoms. The monoisotopic (exact) mass is 288 g/mol. The molecule has 0 unspecified atom stereocenters. The zero-order valence-electron chi connectivity index (χ0n) is 12.3. The molecule has 0 spiro atoms. The van der Waals surface area contributed by atoms with Gasteiger partial charge in [-0.25, -0.2) is 0 Å². The highest BCUT2D eigenvalue weighted by molar-refractivity contribution is 4.87. The van der Waals surface area contributed by atoms with Gasteiger partial charge in [-0.1, -0.05) is 31.9 Å². The van der Waals surface area contributed by atoms with E-state index < -0.39 is 24.4 Å². The van der Waals surface area contributed by atoms with Crippen LogP contribution in [0.3, 0.4) is 0 Å². The molecule has 1 aliphatic rings. The van der Waals surface area contributed by atoms with Gasteiger partial charge in [-0.3, -0.25) is 0 Å². The summed E-state index contributed by atoms with van der Waals surface area (Å²) in [6.07, 6.45) is 6.42. The van der Waals surface area contributed by atoms with Crippen molar-refractivity contribution in [3.05, 3.63) is 12.2 Å². The van der Waals surface area contributed by atoms with Crippen molar-refractivity contribution in [2.24, 2.45) is 0 Å². The molecule has 1 fully saturated rings. The molecule has 0 aromatic heterocycles. The first kappa shape index (κ1) is 17.6. The van der Waals surface area contributed by atoms with E-state index in [4.69, 9.17) is 14.6 Å². The molecule has 0 aromatic rings. The highest BCUT2D eigenvalue weighted by Gasteiger charge is 2.38. The molecular formula is C15H28O5. The first-order valence-electron chi connectivity index (χ1n) is 7.55. The summed E-state index contributed by atoms with van der Waals surface area (Å²) >= 11 is 0. The third kappa shape index (κ3) is 5.89. The molecule has 118 valence electrons. The van der Waals surface area contributed by atoms with Crippen LogP contribution in [0.15, 0.2) is 12.2 Å². The van der Waals surface area contributed by atoms with E-state index in [0.717, 1.165) is 19.3 Å². The Balaban J connectivity index is 2.11. The van der Waals surface area contributed by atoms with Gasteiger partial charge < -0.3 is 24.8 Å². The fraction of sp³-hybridized carbons (Fsp3) is 0.867. The molecule has 0 radical (unpaired) electrons. The molecule has 4 atom stereocenters. The van der Waals surface area contributed by atoms with Crippen molar-refractivity contribution in [2.45, 2.75) is 63.4 Å². The summed E-state index contributed by atoms with van der Waals surface area (Å²) in [7, 11) is 0. The number of hydrogen-bond donors (Lipinski definition) is 3. The molecular weight excluding hydrogens is 260 g/mol. The van der Waals surface area contributed by atoms with Gasteiger partial charge in [0.15, 0.2) is 0 Å². The van der Waals surface area contributed by atoms with Crippen molar-refractivity contribution in [3.8, 4) is 0 Å². The van der Waals surface area contributed by atoms with E-state index in [9.17, 15) is 10.2 Å². The smallest absolute Gasteiger partial charge is 0.111 e. The fourth-order valence-electron chi connectivity index (χ4n) is 2.16. The summed E-state index contributed by atoms with van der Waals surface area (Å²) in [6, 6.07) is 0. The van der Waals surface area contributed by atoms with Crippen LogP contribution < -0.4 is 0 Å². The molecule has 3 N–H and O–H groups in total. The molecule has 0 aliphatic carbocycles. The molecule has 20 heavy (non-hydrogen) atoms. The van der Waals surface area contributed by atoms with Gasteiger partial charge in [-0.05, 0) is 19.3 Å². The minimum atomic E-state index is -1.09. The predicted molar refractivity (Wildman–Crippen MR) is 76.5 cm³/mol. The summed E-state index contributed by atoms with van der Waals surface area (Å²) in [6.45, 7) is 2.61. The fourth-order valence-corrected chi connectivity index (χ4v) is 2.16. The number of allylic oxidation sites excluding steroid dienone is 2. The minimum absolute atomic E-state index is 0.204. The van der Waals surface area contributed by atoms with Gasteiger partial charge >= 0.3 is 0 Å². The Labute approximate surface area is 121 Å². The third-order valence-corrected chi connectivity index (χ3v) is 3.50. The van der Waals surface area contributed by atoms with E-state index in [1.807, 2.05) is 0 Å². The van der Waals surface area contributed by atoms with Gasteiger partial charge in [-0.2, -0.15) is 0 Å². The molecule has 1 heterocycles. The lowest BCUT2D eigenvalue weighted by Crippen LogP contribution is -2.55. The van der Waals surface area contributed by atoms with Crippen LogP contribution in [0.2, 0.25) is 0 Å². The van der Waals surface area contributed by atoms with E-state index in [0.29, 0.717) is 6.61 Å². The maximum Gasteiger partial charge on any atom is 0.111 e. The SMILES string of the molecule is CCCC/C=C/CCCO[C@@H]1CO[C@@H](CO)[C@H](O)[C@H]1O. The summed E-state index contributed by atoms with van der Waals surface area (Å²) in [4.78, 5) is 0. The maximum atomic E-state index is 9.86. The predicted octanol–water partition coefficient (Wildman–Crippen LogP) is 1.01. The number of ether oxygens (including phenoxy) is 2. The lowest BCUT2D eigenvalue weighted by atomic mass is 10.0. The molecule has 0 aromatic carbocycles. The number of rotatable bonds is 9. The summed E-state index contributed by atoms with van der Waals surface area (Å²) in [5.41, 5.74) is 0. The molecule has 1 saturated heterocycles. The van der Waals surface area contributed by atoms with Crippen molar-refractivity contribution in [2.75, 3.05) is 19.8 Å². The van der Waals surface area contributed by atoms with Crippen LogP contribution in [0, 0.1) is 0 Å². The lowest BCUT2D eigenvalue weighted by molar-refractivity contribution is -0.208. The molecule has 1 aliphatic heterocycles. The molecule has 0 bridgehead atoms. The quantitative estimate of drug-likeness (QED) is 0.436. The average Bonchev–Trinajstić information content (AvgIpc) is 2.46. The average molecular weight is 288 g/mol. The van der Waals surface area contributed by atoms with Crippen LogP contribution in [-0.4, -0.2) is 59.6 Å². The van der Waals surface area contributed by atoms with Gasteiger partial charge in [-0.15, -0.1) is 0 Å². The van der Waals surface area contributed by atoms with Crippen molar-refractivity contribution >= 4 is 0 Å². The summed E-state index contributed by atoms with van der Waals surface area (Å²) in [5, 5.41) is 28.5. The number of hydrogen-bond acceptors (Lipinski definition) is 5. The van der Waals surface area contributed by atoms with Gasteiger partial charge in [0.05, 0.1) is 13.2 Å². The van der Waals surface area contributed by atoms with Gasteiger partial charge in [0.25, 0.3) is 0 Å². The van der Waals surface area contributed by atoms with Crippen LogP contribution in [0.1, 0.15) is 39.0 Å². The normalized spacial score (nSPS) is 31.0. The highest BCUT2D eigenvalue weighted by atomic mass is 16.6. The first-order chi connectivity index (χ1) is 9.70. The second-order valence-corrected chi connectivity index (χ2v) is 5.20. The van der Waals surface area contributed by atoms with E-state index in [1.54, 1.807) is 0 Å². The topological polar surface area (TPSA) is 79.2 Å². The number of aliphatic hydroxyl groups excluding tert-OH is 3. The van der Waals surface area contributed by atoms with Crippen molar-refractivity contribution in [1.82, 2.24) is 0 Å². The van der Waals surface area contributed by atoms with Crippen LogP contribution in [0.5, 0.6) is 0 Å². The van der Waals surface area contributed by atoms with Crippen LogP contribution in [0.4, 0.5) is 0 Å². The Morgan fingerprint density at radius 2 is 1.85 bits per heavy atom. The standard InChI is InChI=1S/C15H28O5/c1-2-3-4-5-6-7-8-9-19-13-11-20-12(10-16)14(17)15(13)18/h5-6,12-18H,2-4,7-11H2,1H3/b6-5+/t12-,13+,14-,15-/m0/s1. The van der Waals surface area contributed by atoms with Gasteiger partial charge in [0.2, 0.25) is 0 Å². The highest BCUT2D eigenvalue weighted by Crippen LogP contribution is 2.18. The zero-order valence-corrected chi connectivity index (χ0v) is 12.3. The second kappa shape index (κ2) is 10.3. The Hall–Kier alpha value is -0.460. The van der Waals surface area contributed by atoms with Gasteiger partial charge in [0.1, 0.15) is 24.4 Å². The first-order valence-corrected chi connectivity index (χ1v) is 7.55. The molecule has 1 rings (SSSR count). The Kier molecular flexibility index (Phi) is 9.05. The summed E-state index contributed by atoms with van der Waals surface area (Å²) < 4.78 is 10.8. The van der Waals surface area contributed by atoms with Gasteiger partial charge in [0, 0.05) is 6.61 Å². The second-order valence-electron chi connectivity index (χ2n) is 5.20. The van der Waals surface area contributed by atoms with E-state index in [2.05, 4.69) is 19.1 Å². The lowest BCUT2D eigenvalue weighted by Gasteiger charge is -2.36. The van der Waals surface area contributed by atoms with Crippen molar-refractivity contribution in [1.29, 1.82) is 0 Å². The van der Waals surface area contributed by atoms with Crippen LogP contribution in [-0.2, 0) is 9.47 Å². The Morgan fingerprint density at radius 1 is 1.15 bits per heavy atom. The van der Waals surface area contributed by atoms with E-state index >= 15 is 0 Å². The number of unbranched alkanes of at least 4 members (excludes halogenated alkanes) is 3. The third-order valence-electron chi connectivity index (χ3n) is 3.50. The Bertz CT molecular complexity index is 269. The largest absolute Gasteiger partial charge is 0.394 e. The molecule has 0 amide bonds. The zero-order chi connectivity index (χ0) is 14.8. The van der Waals surface area contributed by atoms with Crippen LogP contribution >= 0.6 is 0 Å². The maximum absolute atomic E-state index is 9.86. The van der Waals surface area contributed by atoms with E-state index in [1.165, 1.54) is 12.8 Å². The summed E-state index contributed by atoms with van der Waals surface area (Å²) in [5.74, 6) is 0. The molecule has 5 nitrogen and oxygen atoms in total. The van der Waals surface area contributed by atoms with Crippen LogP contribution in [0.25, 0.3) is 0 Å². The number of aliphatic hydroxyl groups is 3. The Morgan fingerprint density at radius 3 is 2.50 bits per heavy atom. The van der Waals surface area contributed by atoms with Crippen molar-refractivity contribution < 1.29 is 24.8 Å². The molecule has 0 saturated carbocycles. The minimum Gasteiger partial charge on any atom is -0.394 e. The van der Waals surface area contributed by atoms with Crippen molar-refractivity contribution in [3.63, 3.8) is 0 Å².